The van der Waals surface area contributed by atoms with E-state index in [0.29, 0.717) is 12.8 Å². The number of carbonyl (C=O) groups excluding carboxylic acids is 2. The molecule has 0 aromatic heterocycles. The summed E-state index contributed by atoms with van der Waals surface area (Å²) in [4.78, 5) is 25.7. The van der Waals surface area contributed by atoms with Crippen molar-refractivity contribution in [3.63, 3.8) is 0 Å². The Hall–Kier alpha value is -1.53. The molecule has 1 saturated heterocycles. The van der Waals surface area contributed by atoms with Gasteiger partial charge in [-0.2, -0.15) is 0 Å². The molecule has 2 amide bonds. The standard InChI is InChI=1S/C16H13BrN2O2S/c17-10-5-4-9-14-8(10)2-1-3-11(14)19(16(9)22)12-6-7-13(20)18-15(12)21/h1-5,12,16,22H,6-7H2,(H,18,20,21). The summed E-state index contributed by atoms with van der Waals surface area (Å²) in [6.07, 6.45) is 0.886. The molecule has 2 aromatic carbocycles. The van der Waals surface area contributed by atoms with Gasteiger partial charge in [-0.15, -0.1) is 12.6 Å². The molecule has 2 aliphatic heterocycles. The van der Waals surface area contributed by atoms with Gasteiger partial charge in [0.15, 0.2) is 0 Å². The second-order valence-electron chi connectivity index (χ2n) is 5.58. The maximum atomic E-state index is 12.3. The second kappa shape index (κ2) is 4.99. The van der Waals surface area contributed by atoms with Gasteiger partial charge in [0.05, 0.1) is 5.37 Å². The molecule has 0 radical (unpaired) electrons. The van der Waals surface area contributed by atoms with Crippen LogP contribution in [0.4, 0.5) is 5.69 Å². The Balaban J connectivity index is 1.87. The summed E-state index contributed by atoms with van der Waals surface area (Å²) in [6, 6.07) is 9.74. The Morgan fingerprint density at radius 3 is 2.82 bits per heavy atom. The molecular weight excluding hydrogens is 364 g/mol. The number of nitrogens with one attached hydrogen (secondary N) is 1. The lowest BCUT2D eigenvalue weighted by Gasteiger charge is -2.34. The van der Waals surface area contributed by atoms with Crippen molar-refractivity contribution in [1.82, 2.24) is 5.32 Å². The highest BCUT2D eigenvalue weighted by Crippen LogP contribution is 2.49. The molecule has 1 N–H and O–H groups in total. The van der Waals surface area contributed by atoms with Gasteiger partial charge in [-0.1, -0.05) is 34.1 Å². The molecule has 0 bridgehead atoms. The first-order chi connectivity index (χ1) is 10.6. The number of thiol groups is 1. The number of imide groups is 1. The average molecular weight is 377 g/mol. The highest BCUT2D eigenvalue weighted by atomic mass is 79.9. The monoisotopic (exact) mass is 376 g/mol. The molecular formula is C16H13BrN2O2S. The topological polar surface area (TPSA) is 49.4 Å². The van der Waals surface area contributed by atoms with Gasteiger partial charge in [0.1, 0.15) is 6.04 Å². The Morgan fingerprint density at radius 1 is 1.23 bits per heavy atom. The average Bonchev–Trinajstić information content (AvgIpc) is 2.77. The predicted molar refractivity (Wildman–Crippen MR) is 92.0 cm³/mol. The third-order valence-corrected chi connectivity index (χ3v) is 5.58. The van der Waals surface area contributed by atoms with Crippen LogP contribution in [-0.4, -0.2) is 17.9 Å². The maximum absolute atomic E-state index is 12.3. The highest BCUT2D eigenvalue weighted by Gasteiger charge is 2.39. The number of halogens is 1. The van der Waals surface area contributed by atoms with E-state index < -0.39 is 0 Å². The summed E-state index contributed by atoms with van der Waals surface area (Å²) in [7, 11) is 0. The minimum absolute atomic E-state index is 0.183. The first-order valence-electron chi connectivity index (χ1n) is 7.09. The molecule has 0 saturated carbocycles. The molecule has 6 heteroatoms. The number of nitrogens with zero attached hydrogens (tertiary/aromatic N) is 1. The number of amides is 2. The molecule has 2 heterocycles. The molecule has 2 aliphatic rings. The van der Waals surface area contributed by atoms with Gasteiger partial charge in [0.2, 0.25) is 11.8 Å². The summed E-state index contributed by atoms with van der Waals surface area (Å²) in [5.41, 5.74) is 2.10. The fourth-order valence-electron chi connectivity index (χ4n) is 3.38. The van der Waals surface area contributed by atoms with Crippen LogP contribution in [-0.2, 0) is 9.59 Å². The Labute approximate surface area is 141 Å². The van der Waals surface area contributed by atoms with E-state index in [1.807, 2.05) is 29.2 Å². The van der Waals surface area contributed by atoms with E-state index in [1.165, 1.54) is 0 Å². The summed E-state index contributed by atoms with van der Waals surface area (Å²) in [5.74, 6) is -0.436. The Kier molecular flexibility index (Phi) is 3.20. The Morgan fingerprint density at radius 2 is 2.05 bits per heavy atom. The normalized spacial score (nSPS) is 24.0. The zero-order chi connectivity index (χ0) is 15.4. The summed E-state index contributed by atoms with van der Waals surface area (Å²) < 4.78 is 1.03. The summed E-state index contributed by atoms with van der Waals surface area (Å²) in [6.45, 7) is 0. The van der Waals surface area contributed by atoms with Crippen LogP contribution in [0.3, 0.4) is 0 Å². The van der Waals surface area contributed by atoms with Crippen molar-refractivity contribution in [1.29, 1.82) is 0 Å². The smallest absolute Gasteiger partial charge is 0.249 e. The van der Waals surface area contributed by atoms with Crippen molar-refractivity contribution in [3.05, 3.63) is 40.4 Å². The molecule has 112 valence electrons. The number of rotatable bonds is 1. The highest BCUT2D eigenvalue weighted by molar-refractivity contribution is 9.10. The van der Waals surface area contributed by atoms with Crippen LogP contribution < -0.4 is 10.2 Å². The molecule has 2 unspecified atom stereocenters. The number of hydrogen-bond donors (Lipinski definition) is 2. The van der Waals surface area contributed by atoms with Crippen LogP contribution in [0, 0.1) is 0 Å². The zero-order valence-electron chi connectivity index (χ0n) is 11.5. The van der Waals surface area contributed by atoms with Gasteiger partial charge in [0.25, 0.3) is 0 Å². The van der Waals surface area contributed by atoms with Gasteiger partial charge in [-0.25, -0.2) is 0 Å². The number of benzene rings is 2. The van der Waals surface area contributed by atoms with Crippen molar-refractivity contribution in [2.75, 3.05) is 4.90 Å². The van der Waals surface area contributed by atoms with Crippen LogP contribution in [0.2, 0.25) is 0 Å². The third kappa shape index (κ3) is 1.90. The van der Waals surface area contributed by atoms with Gasteiger partial charge in [0, 0.05) is 22.0 Å². The van der Waals surface area contributed by atoms with Crippen molar-refractivity contribution in [2.45, 2.75) is 24.3 Å². The lowest BCUT2D eigenvalue weighted by molar-refractivity contribution is -0.134. The molecule has 4 nitrogen and oxygen atoms in total. The lowest BCUT2D eigenvalue weighted by Crippen LogP contribution is -2.52. The number of piperidine rings is 1. The van der Waals surface area contributed by atoms with Crippen molar-refractivity contribution in [3.8, 4) is 0 Å². The van der Waals surface area contributed by atoms with Crippen molar-refractivity contribution >= 4 is 56.8 Å². The van der Waals surface area contributed by atoms with Crippen molar-refractivity contribution < 1.29 is 9.59 Å². The summed E-state index contributed by atoms with van der Waals surface area (Å²) in [5, 5.41) is 4.49. The van der Waals surface area contributed by atoms with E-state index in [9.17, 15) is 9.59 Å². The number of hydrogen-bond acceptors (Lipinski definition) is 4. The SMILES string of the molecule is O=C1CCC(N2c3cccc4c(Br)ccc(c34)C2S)C(=O)N1. The van der Waals surface area contributed by atoms with E-state index in [0.717, 1.165) is 26.5 Å². The van der Waals surface area contributed by atoms with Crippen LogP contribution in [0.15, 0.2) is 34.8 Å². The largest absolute Gasteiger partial charge is 0.343 e. The maximum Gasteiger partial charge on any atom is 0.249 e. The van der Waals surface area contributed by atoms with Crippen LogP contribution in [0.25, 0.3) is 10.8 Å². The number of anilines is 1. The molecule has 2 aromatic rings. The second-order valence-corrected chi connectivity index (χ2v) is 6.93. The van der Waals surface area contributed by atoms with Crippen LogP contribution in [0.5, 0.6) is 0 Å². The molecule has 0 spiro atoms. The van der Waals surface area contributed by atoms with Gasteiger partial charge in [-0.3, -0.25) is 14.9 Å². The number of carbonyl (C=O) groups is 2. The van der Waals surface area contributed by atoms with E-state index in [2.05, 4.69) is 27.3 Å². The molecule has 2 atom stereocenters. The lowest BCUT2D eigenvalue weighted by atomic mass is 10.0. The molecule has 22 heavy (non-hydrogen) atoms. The van der Waals surface area contributed by atoms with Crippen LogP contribution >= 0.6 is 28.6 Å². The molecule has 4 rings (SSSR count). The fraction of sp³-hybridized carbons (Fsp3) is 0.250. The Bertz CT molecular complexity index is 823. The molecule has 0 aliphatic carbocycles. The predicted octanol–water partition coefficient (Wildman–Crippen LogP) is 3.16. The van der Waals surface area contributed by atoms with E-state index >= 15 is 0 Å². The van der Waals surface area contributed by atoms with Gasteiger partial charge in [-0.05, 0) is 29.5 Å². The molecule has 1 fully saturated rings. The first-order valence-corrected chi connectivity index (χ1v) is 8.40. The third-order valence-electron chi connectivity index (χ3n) is 4.36. The van der Waals surface area contributed by atoms with E-state index in [-0.39, 0.29) is 23.2 Å². The van der Waals surface area contributed by atoms with Gasteiger partial charge < -0.3 is 4.90 Å². The zero-order valence-corrected chi connectivity index (χ0v) is 14.0. The van der Waals surface area contributed by atoms with Crippen LogP contribution in [0.1, 0.15) is 23.8 Å². The minimum atomic E-state index is -0.364. The van der Waals surface area contributed by atoms with E-state index in [1.54, 1.807) is 0 Å². The first kappa shape index (κ1) is 14.1. The van der Waals surface area contributed by atoms with Crippen molar-refractivity contribution in [2.24, 2.45) is 0 Å². The summed E-state index contributed by atoms with van der Waals surface area (Å²) >= 11 is 8.32. The fourth-order valence-corrected chi connectivity index (χ4v) is 4.34. The van der Waals surface area contributed by atoms with E-state index in [4.69, 9.17) is 12.6 Å². The van der Waals surface area contributed by atoms with Gasteiger partial charge >= 0.3 is 0 Å². The quantitative estimate of drug-likeness (QED) is 0.593. The minimum Gasteiger partial charge on any atom is -0.343 e.